The zero-order valence-electron chi connectivity index (χ0n) is 24.8. The second-order valence-electron chi connectivity index (χ2n) is 12.9. The molecule has 216 valence electrons. The van der Waals surface area contributed by atoms with Crippen LogP contribution in [-0.2, 0) is 10.2 Å². The van der Waals surface area contributed by atoms with Gasteiger partial charge in [-0.15, -0.1) is 0 Å². The Bertz CT molecular complexity index is 1100. The number of unbranched alkanes of at least 4 members (excludes halogenated alkanes) is 6. The lowest BCUT2D eigenvalue weighted by molar-refractivity contribution is -0.0401. The lowest BCUT2D eigenvalue weighted by Crippen LogP contribution is -2.35. The summed E-state index contributed by atoms with van der Waals surface area (Å²) >= 11 is 0. The molecule has 40 heavy (non-hydrogen) atoms. The number of aliphatic hydroxyl groups is 1. The summed E-state index contributed by atoms with van der Waals surface area (Å²) in [7, 11) is 0. The summed E-state index contributed by atoms with van der Waals surface area (Å²) in [5.74, 6) is 0.457. The first-order valence-corrected chi connectivity index (χ1v) is 15.4. The molecular weight excluding hydrogens is 495 g/mol. The second kappa shape index (κ2) is 14.4. The van der Waals surface area contributed by atoms with Crippen molar-refractivity contribution in [2.75, 3.05) is 13.2 Å². The average Bonchev–Trinajstić information content (AvgIpc) is 3.69. The summed E-state index contributed by atoms with van der Waals surface area (Å²) in [6.07, 6.45) is 10.7. The quantitative estimate of drug-likeness (QED) is 0.182. The number of aliphatic hydroxyl groups excluding tert-OH is 1. The SMILES string of the molecule is CC(C)(C)C(OCCCCCCCCCC(c1ccccc1)c1ccccc1)[C@@H]1C[C@@]1(CO)c1cccc(F)c1. The molecule has 3 aromatic carbocycles. The highest BCUT2D eigenvalue weighted by Crippen LogP contribution is 2.59. The maximum atomic E-state index is 13.9. The zero-order valence-corrected chi connectivity index (χ0v) is 24.8. The minimum absolute atomic E-state index is 0.0354. The van der Waals surface area contributed by atoms with Crippen LogP contribution in [0, 0.1) is 17.2 Å². The second-order valence-corrected chi connectivity index (χ2v) is 12.9. The normalized spacial score (nSPS) is 19.6. The topological polar surface area (TPSA) is 29.5 Å². The van der Waals surface area contributed by atoms with Gasteiger partial charge in [-0.05, 0) is 59.4 Å². The van der Waals surface area contributed by atoms with Crippen molar-refractivity contribution in [1.29, 1.82) is 0 Å². The van der Waals surface area contributed by atoms with E-state index in [0.29, 0.717) is 5.92 Å². The van der Waals surface area contributed by atoms with Gasteiger partial charge >= 0.3 is 0 Å². The largest absolute Gasteiger partial charge is 0.395 e. The van der Waals surface area contributed by atoms with Crippen LogP contribution in [0.3, 0.4) is 0 Å². The highest BCUT2D eigenvalue weighted by atomic mass is 19.1. The van der Waals surface area contributed by atoms with E-state index < -0.39 is 0 Å². The molecule has 0 aromatic heterocycles. The van der Waals surface area contributed by atoms with E-state index in [9.17, 15) is 9.50 Å². The molecule has 0 aliphatic heterocycles. The monoisotopic (exact) mass is 544 g/mol. The zero-order chi connectivity index (χ0) is 28.4. The van der Waals surface area contributed by atoms with E-state index in [1.807, 2.05) is 6.07 Å². The van der Waals surface area contributed by atoms with E-state index in [0.717, 1.165) is 25.0 Å². The van der Waals surface area contributed by atoms with E-state index in [1.54, 1.807) is 12.1 Å². The minimum Gasteiger partial charge on any atom is -0.395 e. The van der Waals surface area contributed by atoms with Gasteiger partial charge in [0.05, 0.1) is 12.7 Å². The Morgan fingerprint density at radius 3 is 1.93 bits per heavy atom. The smallest absolute Gasteiger partial charge is 0.123 e. The number of hydrogen-bond acceptors (Lipinski definition) is 2. The van der Waals surface area contributed by atoms with Crippen molar-refractivity contribution in [2.45, 2.75) is 96.0 Å². The van der Waals surface area contributed by atoms with Crippen LogP contribution in [-0.4, -0.2) is 24.4 Å². The van der Waals surface area contributed by atoms with Crippen LogP contribution in [0.2, 0.25) is 0 Å². The molecule has 1 aliphatic carbocycles. The maximum absolute atomic E-state index is 13.9. The summed E-state index contributed by atoms with van der Waals surface area (Å²) in [6, 6.07) is 28.6. The van der Waals surface area contributed by atoms with Crippen molar-refractivity contribution in [3.63, 3.8) is 0 Å². The van der Waals surface area contributed by atoms with Gasteiger partial charge in [-0.3, -0.25) is 0 Å². The summed E-state index contributed by atoms with van der Waals surface area (Å²) in [5.41, 5.74) is 3.32. The molecule has 1 N–H and O–H groups in total. The van der Waals surface area contributed by atoms with E-state index in [4.69, 9.17) is 4.74 Å². The molecule has 0 saturated heterocycles. The highest BCUT2D eigenvalue weighted by Gasteiger charge is 2.60. The van der Waals surface area contributed by atoms with Crippen LogP contribution in [0.5, 0.6) is 0 Å². The Hall–Kier alpha value is -2.49. The summed E-state index contributed by atoms with van der Waals surface area (Å²) < 4.78 is 20.4. The molecule has 3 aromatic rings. The molecule has 3 atom stereocenters. The van der Waals surface area contributed by atoms with Crippen molar-refractivity contribution in [3.8, 4) is 0 Å². The van der Waals surface area contributed by atoms with Crippen LogP contribution in [0.25, 0.3) is 0 Å². The van der Waals surface area contributed by atoms with Gasteiger partial charge in [-0.25, -0.2) is 4.39 Å². The van der Waals surface area contributed by atoms with Gasteiger partial charge in [0.2, 0.25) is 0 Å². The molecule has 0 heterocycles. The third kappa shape index (κ3) is 8.04. The van der Waals surface area contributed by atoms with Gasteiger partial charge in [0, 0.05) is 17.9 Å². The third-order valence-corrected chi connectivity index (χ3v) is 8.87. The molecule has 0 radical (unpaired) electrons. The van der Waals surface area contributed by atoms with Crippen molar-refractivity contribution >= 4 is 0 Å². The summed E-state index contributed by atoms with van der Waals surface area (Å²) in [4.78, 5) is 0. The standard InChI is InChI=1S/C37H49FO2/c1-36(2,3)35(34-27-37(34,28-39)31-22-17-23-32(38)26-31)40-25-16-8-6-4-5-7-15-24-33(29-18-11-9-12-19-29)30-20-13-10-14-21-30/h9-14,17-23,26,33-35,39H,4-8,15-16,24-25,27-28H2,1-3H3/t34-,35?,37+/m0/s1. The van der Waals surface area contributed by atoms with Gasteiger partial charge in [0.1, 0.15) is 5.82 Å². The predicted octanol–water partition coefficient (Wildman–Crippen LogP) is 9.46. The molecule has 1 fully saturated rings. The molecule has 4 rings (SSSR count). The highest BCUT2D eigenvalue weighted by molar-refractivity contribution is 5.36. The van der Waals surface area contributed by atoms with Crippen LogP contribution in [0.1, 0.15) is 101 Å². The molecule has 0 amide bonds. The molecule has 2 nitrogen and oxygen atoms in total. The first-order chi connectivity index (χ1) is 19.3. The van der Waals surface area contributed by atoms with Gasteiger partial charge in [-0.1, -0.05) is 132 Å². The van der Waals surface area contributed by atoms with E-state index in [2.05, 4.69) is 81.4 Å². The van der Waals surface area contributed by atoms with Crippen molar-refractivity contribution in [3.05, 3.63) is 107 Å². The summed E-state index contributed by atoms with van der Waals surface area (Å²) in [5, 5.41) is 10.3. The molecule has 1 saturated carbocycles. The lowest BCUT2D eigenvalue weighted by Gasteiger charge is -2.33. The first-order valence-electron chi connectivity index (χ1n) is 15.4. The number of benzene rings is 3. The molecule has 3 heteroatoms. The fourth-order valence-electron chi connectivity index (χ4n) is 6.54. The van der Waals surface area contributed by atoms with Gasteiger partial charge in [0.15, 0.2) is 0 Å². The van der Waals surface area contributed by atoms with Crippen molar-refractivity contribution in [2.24, 2.45) is 11.3 Å². The molecule has 1 unspecified atom stereocenters. The third-order valence-electron chi connectivity index (χ3n) is 8.87. The van der Waals surface area contributed by atoms with E-state index in [1.165, 1.54) is 62.1 Å². The van der Waals surface area contributed by atoms with Crippen LogP contribution < -0.4 is 0 Å². The van der Waals surface area contributed by atoms with Crippen molar-refractivity contribution < 1.29 is 14.2 Å². The number of ether oxygens (including phenoxy) is 1. The fraction of sp³-hybridized carbons (Fsp3) is 0.514. The Kier molecular flexibility index (Phi) is 11.0. The van der Waals surface area contributed by atoms with Crippen molar-refractivity contribution in [1.82, 2.24) is 0 Å². The number of rotatable bonds is 16. The Morgan fingerprint density at radius 1 is 0.800 bits per heavy atom. The average molecular weight is 545 g/mol. The number of hydrogen-bond donors (Lipinski definition) is 1. The Morgan fingerprint density at radius 2 is 1.38 bits per heavy atom. The molecule has 1 aliphatic rings. The first kappa shape index (κ1) is 30.5. The number of halogens is 1. The fourth-order valence-corrected chi connectivity index (χ4v) is 6.54. The van der Waals surface area contributed by atoms with Gasteiger partial charge < -0.3 is 9.84 Å². The van der Waals surface area contributed by atoms with Crippen LogP contribution in [0.4, 0.5) is 4.39 Å². The molecule has 0 bridgehead atoms. The summed E-state index contributed by atoms with van der Waals surface area (Å²) in [6.45, 7) is 7.42. The van der Waals surface area contributed by atoms with E-state index in [-0.39, 0.29) is 35.3 Å². The Labute approximate surface area is 242 Å². The van der Waals surface area contributed by atoms with Gasteiger partial charge in [-0.2, -0.15) is 0 Å². The molecular formula is C37H49FO2. The van der Waals surface area contributed by atoms with Crippen LogP contribution >= 0.6 is 0 Å². The predicted molar refractivity (Wildman–Crippen MR) is 164 cm³/mol. The van der Waals surface area contributed by atoms with Gasteiger partial charge in [0.25, 0.3) is 0 Å². The minimum atomic E-state index is -0.375. The lowest BCUT2D eigenvalue weighted by atomic mass is 9.81. The van der Waals surface area contributed by atoms with E-state index >= 15 is 0 Å². The van der Waals surface area contributed by atoms with Crippen LogP contribution in [0.15, 0.2) is 84.9 Å². The Balaban J connectivity index is 1.14. The maximum Gasteiger partial charge on any atom is 0.123 e. The molecule has 0 spiro atoms.